The van der Waals surface area contributed by atoms with Crippen LogP contribution in [-0.4, -0.2) is 78.6 Å². The lowest BCUT2D eigenvalue weighted by molar-refractivity contribution is -0.0119. The summed E-state index contributed by atoms with van der Waals surface area (Å²) < 4.78 is 17.7. The van der Waals surface area contributed by atoms with E-state index in [0.29, 0.717) is 6.04 Å². The van der Waals surface area contributed by atoms with E-state index in [2.05, 4.69) is 19.8 Å². The van der Waals surface area contributed by atoms with Crippen molar-refractivity contribution in [3.8, 4) is 0 Å². The fourth-order valence-corrected chi connectivity index (χ4v) is 3.52. The molecule has 3 aliphatic heterocycles. The quantitative estimate of drug-likeness (QED) is 0.714. The Morgan fingerprint density at radius 1 is 1.04 bits per heavy atom. The third kappa shape index (κ3) is 3.16. The zero-order valence-corrected chi connectivity index (χ0v) is 15.6. The van der Waals surface area contributed by atoms with Crippen LogP contribution in [0.15, 0.2) is 12.4 Å². The maximum atomic E-state index is 6.07. The van der Waals surface area contributed by atoms with Crippen LogP contribution < -0.4 is 10.4 Å². The van der Waals surface area contributed by atoms with Gasteiger partial charge in [-0.2, -0.15) is 0 Å². The molecule has 3 fully saturated rings. The van der Waals surface area contributed by atoms with E-state index in [1.165, 1.54) is 0 Å². The summed E-state index contributed by atoms with van der Waals surface area (Å²) in [4.78, 5) is 13.9. The lowest BCUT2D eigenvalue weighted by Gasteiger charge is -2.43. The third-order valence-electron chi connectivity index (χ3n) is 5.90. The second-order valence-electron chi connectivity index (χ2n) is 8.12. The fraction of sp³-hybridized carbons (Fsp3) is 0.765. The van der Waals surface area contributed by atoms with E-state index in [-0.39, 0.29) is 11.2 Å². The molecule has 4 rings (SSSR count). The second kappa shape index (κ2) is 6.19. The number of anilines is 1. The zero-order chi connectivity index (χ0) is 17.7. The van der Waals surface area contributed by atoms with Crippen molar-refractivity contribution in [1.29, 1.82) is 0 Å². The van der Waals surface area contributed by atoms with E-state index >= 15 is 0 Å². The highest BCUT2D eigenvalue weighted by Crippen LogP contribution is 2.36. The zero-order valence-electron chi connectivity index (χ0n) is 15.6. The number of morpholine rings is 1. The molecule has 0 N–H and O–H groups in total. The van der Waals surface area contributed by atoms with Gasteiger partial charge in [0.25, 0.3) is 0 Å². The largest absolute Gasteiger partial charge is 0.498 e. The first-order valence-electron chi connectivity index (χ1n) is 9.10. The number of hydrogen-bond donors (Lipinski definition) is 0. The molecule has 3 aliphatic rings. The van der Waals surface area contributed by atoms with Gasteiger partial charge >= 0.3 is 7.12 Å². The van der Waals surface area contributed by atoms with Crippen LogP contribution in [0.25, 0.3) is 0 Å². The maximum Gasteiger partial charge on any atom is 0.498 e. The van der Waals surface area contributed by atoms with Gasteiger partial charge in [0, 0.05) is 44.0 Å². The first-order valence-corrected chi connectivity index (χ1v) is 9.10. The van der Waals surface area contributed by atoms with Crippen LogP contribution >= 0.6 is 0 Å². The topological polar surface area (TPSA) is 60.0 Å². The summed E-state index contributed by atoms with van der Waals surface area (Å²) in [5.74, 6) is 0.769. The Morgan fingerprint density at radius 3 is 2.40 bits per heavy atom. The van der Waals surface area contributed by atoms with E-state index in [1.54, 1.807) is 0 Å². The van der Waals surface area contributed by atoms with E-state index in [4.69, 9.17) is 14.0 Å². The van der Waals surface area contributed by atoms with Crippen LogP contribution in [0.1, 0.15) is 27.7 Å². The Labute approximate surface area is 149 Å². The van der Waals surface area contributed by atoms with Crippen molar-refractivity contribution in [1.82, 2.24) is 14.9 Å². The minimum absolute atomic E-state index is 0.354. The maximum absolute atomic E-state index is 6.07. The molecule has 0 bridgehead atoms. The highest BCUT2D eigenvalue weighted by Gasteiger charge is 2.52. The first kappa shape index (κ1) is 17.2. The van der Waals surface area contributed by atoms with Crippen molar-refractivity contribution in [3.05, 3.63) is 12.4 Å². The van der Waals surface area contributed by atoms with Gasteiger partial charge in [-0.25, -0.2) is 9.97 Å². The normalized spacial score (nSPS) is 28.9. The summed E-state index contributed by atoms with van der Waals surface area (Å²) in [6.45, 7) is 13.8. The predicted octanol–water partition coefficient (Wildman–Crippen LogP) is 0.297. The highest BCUT2D eigenvalue weighted by molar-refractivity contribution is 6.61. The molecule has 136 valence electrons. The SMILES string of the molecule is CC1(C)OB(c2cnc(N3CCN4CCOC[C@H]4C3)nc2)OC1(C)C. The Morgan fingerprint density at radius 2 is 1.72 bits per heavy atom. The van der Waals surface area contributed by atoms with Gasteiger partial charge in [0.15, 0.2) is 0 Å². The first-order chi connectivity index (χ1) is 11.9. The molecular formula is C17H27BN4O3. The van der Waals surface area contributed by atoms with E-state index < -0.39 is 7.12 Å². The number of piperazine rings is 1. The molecule has 0 spiro atoms. The van der Waals surface area contributed by atoms with Crippen LogP contribution in [0.4, 0.5) is 5.95 Å². The molecule has 1 atom stereocenters. The van der Waals surface area contributed by atoms with Gasteiger partial charge in [0.05, 0.1) is 30.5 Å². The van der Waals surface area contributed by atoms with Gasteiger partial charge < -0.3 is 18.9 Å². The molecule has 0 aromatic carbocycles. The van der Waals surface area contributed by atoms with Crippen LogP contribution in [0, 0.1) is 0 Å². The average Bonchev–Trinajstić information content (AvgIpc) is 2.82. The number of rotatable bonds is 2. The summed E-state index contributed by atoms with van der Waals surface area (Å²) in [5, 5.41) is 0. The van der Waals surface area contributed by atoms with Crippen molar-refractivity contribution in [3.63, 3.8) is 0 Å². The van der Waals surface area contributed by atoms with Crippen LogP contribution in [0.5, 0.6) is 0 Å². The number of hydrogen-bond acceptors (Lipinski definition) is 7. The Kier molecular flexibility index (Phi) is 4.26. The molecule has 25 heavy (non-hydrogen) atoms. The molecule has 3 saturated heterocycles. The fourth-order valence-electron chi connectivity index (χ4n) is 3.52. The standard InChI is InChI=1S/C17H27BN4O3/c1-16(2)17(3,4)25-18(24-16)13-9-19-15(20-10-13)22-6-5-21-7-8-23-12-14(21)11-22/h9-10,14H,5-8,11-12H2,1-4H3/t14-/m1/s1. The van der Waals surface area contributed by atoms with Crippen molar-refractivity contribution < 1.29 is 14.0 Å². The monoisotopic (exact) mass is 346 g/mol. The van der Waals surface area contributed by atoms with Crippen molar-refractivity contribution in [2.24, 2.45) is 0 Å². The Hall–Kier alpha value is -1.22. The lowest BCUT2D eigenvalue weighted by Crippen LogP contribution is -2.58. The molecule has 8 heteroatoms. The molecule has 1 aromatic heterocycles. The summed E-state index contributed by atoms with van der Waals surface area (Å²) in [6.07, 6.45) is 3.66. The van der Waals surface area contributed by atoms with E-state index in [1.807, 2.05) is 40.1 Å². The van der Waals surface area contributed by atoms with Crippen molar-refractivity contribution >= 4 is 18.5 Å². The lowest BCUT2D eigenvalue weighted by atomic mass is 9.81. The van der Waals surface area contributed by atoms with E-state index in [0.717, 1.165) is 50.8 Å². The Bertz CT molecular complexity index is 609. The Balaban J connectivity index is 1.44. The molecule has 1 aromatic rings. The molecule has 0 unspecified atom stereocenters. The number of nitrogens with zero attached hydrogens (tertiary/aromatic N) is 4. The van der Waals surface area contributed by atoms with Gasteiger partial charge in [0.2, 0.25) is 5.95 Å². The minimum Gasteiger partial charge on any atom is -0.399 e. The van der Waals surface area contributed by atoms with Crippen LogP contribution in [0.3, 0.4) is 0 Å². The van der Waals surface area contributed by atoms with Crippen LogP contribution in [-0.2, 0) is 14.0 Å². The van der Waals surface area contributed by atoms with Gasteiger partial charge in [-0.1, -0.05) is 0 Å². The average molecular weight is 346 g/mol. The summed E-state index contributed by atoms with van der Waals surface area (Å²) in [7, 11) is -0.414. The molecule has 0 saturated carbocycles. The highest BCUT2D eigenvalue weighted by atomic mass is 16.7. The molecule has 0 aliphatic carbocycles. The van der Waals surface area contributed by atoms with Gasteiger partial charge in [0.1, 0.15) is 0 Å². The molecule has 4 heterocycles. The molecule has 0 radical (unpaired) electrons. The number of fused-ring (bicyclic) bond motifs is 1. The molecular weight excluding hydrogens is 319 g/mol. The summed E-state index contributed by atoms with van der Waals surface area (Å²) in [6, 6.07) is 0.439. The van der Waals surface area contributed by atoms with Crippen LogP contribution in [0.2, 0.25) is 0 Å². The van der Waals surface area contributed by atoms with Crippen molar-refractivity contribution in [2.75, 3.05) is 44.3 Å². The van der Waals surface area contributed by atoms with Crippen molar-refractivity contribution in [2.45, 2.75) is 44.9 Å². The van der Waals surface area contributed by atoms with Gasteiger partial charge in [-0.15, -0.1) is 0 Å². The third-order valence-corrected chi connectivity index (χ3v) is 5.90. The molecule has 7 nitrogen and oxygen atoms in total. The number of ether oxygens (including phenoxy) is 1. The minimum atomic E-state index is -0.414. The van der Waals surface area contributed by atoms with E-state index in [9.17, 15) is 0 Å². The summed E-state index contributed by atoms with van der Waals surface area (Å²) in [5.41, 5.74) is 0.156. The number of aromatic nitrogens is 2. The second-order valence-corrected chi connectivity index (χ2v) is 8.12. The van der Waals surface area contributed by atoms with Gasteiger partial charge in [-0.05, 0) is 27.7 Å². The summed E-state index contributed by atoms with van der Waals surface area (Å²) >= 11 is 0. The van der Waals surface area contributed by atoms with Gasteiger partial charge in [-0.3, -0.25) is 4.90 Å². The molecule has 0 amide bonds. The smallest absolute Gasteiger partial charge is 0.399 e. The predicted molar refractivity (Wildman–Crippen MR) is 96.1 cm³/mol.